The van der Waals surface area contributed by atoms with Crippen LogP contribution in [0.4, 0.5) is 8.78 Å². The van der Waals surface area contributed by atoms with E-state index < -0.39 is 30.8 Å². The van der Waals surface area contributed by atoms with Gasteiger partial charge in [-0.15, -0.1) is 12.4 Å². The number of hydrogen-bond acceptors (Lipinski definition) is 3. The van der Waals surface area contributed by atoms with E-state index in [0.29, 0.717) is 13.1 Å². The first-order valence-electron chi connectivity index (χ1n) is 7.47. The van der Waals surface area contributed by atoms with Gasteiger partial charge in [0.15, 0.2) is 0 Å². The maximum absolute atomic E-state index is 13.1. The summed E-state index contributed by atoms with van der Waals surface area (Å²) < 4.78 is 28.1. The molecule has 1 aromatic carbocycles. The lowest BCUT2D eigenvalue weighted by atomic mass is 10.1. The van der Waals surface area contributed by atoms with Crippen molar-refractivity contribution in [2.45, 2.75) is 31.5 Å². The predicted molar refractivity (Wildman–Crippen MR) is 88.2 cm³/mol. The van der Waals surface area contributed by atoms with Crippen molar-refractivity contribution < 1.29 is 13.6 Å². The summed E-state index contributed by atoms with van der Waals surface area (Å²) in [7, 11) is 0. The number of halogens is 3. The molecule has 2 N–H and O–H groups in total. The molecular formula is C16H19ClF2N4O. The number of benzene rings is 1. The molecule has 1 fully saturated rings. The lowest BCUT2D eigenvalue weighted by molar-refractivity contribution is -0.123. The van der Waals surface area contributed by atoms with E-state index in [0.717, 1.165) is 11.1 Å². The van der Waals surface area contributed by atoms with Gasteiger partial charge in [0, 0.05) is 25.4 Å². The van der Waals surface area contributed by atoms with Crippen molar-refractivity contribution in [1.29, 1.82) is 0 Å². The molecule has 24 heavy (non-hydrogen) atoms. The minimum atomic E-state index is -2.81. The number of hydrogen-bond donors (Lipinski definition) is 2. The summed E-state index contributed by atoms with van der Waals surface area (Å²) >= 11 is 0. The van der Waals surface area contributed by atoms with Gasteiger partial charge >= 0.3 is 0 Å². The Labute approximate surface area is 144 Å². The largest absolute Gasteiger partial charge is 0.351 e. The number of rotatable bonds is 5. The molecule has 0 bridgehead atoms. The maximum atomic E-state index is 13.1. The van der Waals surface area contributed by atoms with Crippen LogP contribution in [0.5, 0.6) is 0 Å². The Morgan fingerprint density at radius 1 is 1.33 bits per heavy atom. The molecule has 5 nitrogen and oxygen atoms in total. The van der Waals surface area contributed by atoms with Gasteiger partial charge in [0.05, 0.1) is 19.1 Å². The Morgan fingerprint density at radius 2 is 2.08 bits per heavy atom. The third-order valence-corrected chi connectivity index (χ3v) is 3.89. The standard InChI is InChI=1S/C16H18F2N4O.ClH/c17-16(18)8-14(20-11-16)15(23)19-9-12-4-1-2-5-13(12)10-22-7-3-6-21-22;/h1-7,14,20H,8-11H2,(H,19,23);1H. The predicted octanol–water partition coefficient (Wildman–Crippen LogP) is 1.97. The molecule has 8 heteroatoms. The molecule has 0 aliphatic carbocycles. The molecule has 1 aromatic heterocycles. The number of nitrogens with zero attached hydrogens (tertiary/aromatic N) is 2. The summed E-state index contributed by atoms with van der Waals surface area (Å²) in [5.74, 6) is -3.20. The van der Waals surface area contributed by atoms with E-state index in [2.05, 4.69) is 15.7 Å². The molecule has 0 spiro atoms. The zero-order chi connectivity index (χ0) is 16.3. The van der Waals surface area contributed by atoms with E-state index in [1.807, 2.05) is 36.5 Å². The lowest BCUT2D eigenvalue weighted by Gasteiger charge is -2.14. The van der Waals surface area contributed by atoms with Gasteiger partial charge in [0.2, 0.25) is 5.91 Å². The van der Waals surface area contributed by atoms with E-state index >= 15 is 0 Å². The Bertz CT molecular complexity index is 678. The molecule has 0 radical (unpaired) electrons. The number of amides is 1. The highest BCUT2D eigenvalue weighted by Crippen LogP contribution is 2.25. The van der Waals surface area contributed by atoms with Crippen LogP contribution in [0.15, 0.2) is 42.7 Å². The number of alkyl halides is 2. The second kappa shape index (κ2) is 7.72. The minimum absolute atomic E-state index is 0. The van der Waals surface area contributed by atoms with Crippen LogP contribution in [0.25, 0.3) is 0 Å². The third kappa shape index (κ3) is 4.52. The Kier molecular flexibility index (Phi) is 5.90. The SMILES string of the molecule is Cl.O=C(NCc1ccccc1Cn1cccn1)C1CC(F)(F)CN1. The fourth-order valence-electron chi connectivity index (χ4n) is 2.66. The summed E-state index contributed by atoms with van der Waals surface area (Å²) in [6, 6.07) is 8.69. The van der Waals surface area contributed by atoms with Crippen molar-refractivity contribution in [2.75, 3.05) is 6.54 Å². The smallest absolute Gasteiger partial charge is 0.262 e. The van der Waals surface area contributed by atoms with Gasteiger partial charge in [-0.05, 0) is 17.2 Å². The second-order valence-corrected chi connectivity index (χ2v) is 5.68. The summed E-state index contributed by atoms with van der Waals surface area (Å²) in [5, 5.41) is 9.45. The average Bonchev–Trinajstić information content (AvgIpc) is 3.15. The van der Waals surface area contributed by atoms with Gasteiger partial charge < -0.3 is 5.32 Å². The van der Waals surface area contributed by atoms with Gasteiger partial charge in [-0.25, -0.2) is 8.78 Å². The molecule has 1 aliphatic heterocycles. The number of carbonyl (C=O) groups is 1. The van der Waals surface area contributed by atoms with Crippen LogP contribution in [-0.4, -0.2) is 34.2 Å². The van der Waals surface area contributed by atoms with Gasteiger partial charge in [-0.1, -0.05) is 24.3 Å². The van der Waals surface area contributed by atoms with Crippen LogP contribution in [0.1, 0.15) is 17.5 Å². The number of carbonyl (C=O) groups excluding carboxylic acids is 1. The van der Waals surface area contributed by atoms with Gasteiger partial charge in [-0.3, -0.25) is 14.8 Å². The zero-order valence-electron chi connectivity index (χ0n) is 12.9. The van der Waals surface area contributed by atoms with E-state index in [4.69, 9.17) is 0 Å². The van der Waals surface area contributed by atoms with Crippen molar-refractivity contribution in [1.82, 2.24) is 20.4 Å². The van der Waals surface area contributed by atoms with Crippen LogP contribution in [-0.2, 0) is 17.9 Å². The van der Waals surface area contributed by atoms with Gasteiger partial charge in [-0.2, -0.15) is 5.10 Å². The van der Waals surface area contributed by atoms with Gasteiger partial charge in [0.1, 0.15) is 0 Å². The van der Waals surface area contributed by atoms with Crippen molar-refractivity contribution in [3.8, 4) is 0 Å². The molecular weight excluding hydrogens is 338 g/mol. The van der Waals surface area contributed by atoms with E-state index in [-0.39, 0.29) is 12.4 Å². The summed E-state index contributed by atoms with van der Waals surface area (Å²) in [4.78, 5) is 12.0. The maximum Gasteiger partial charge on any atom is 0.262 e. The first-order valence-corrected chi connectivity index (χ1v) is 7.47. The van der Waals surface area contributed by atoms with Crippen molar-refractivity contribution in [2.24, 2.45) is 0 Å². The molecule has 2 aromatic rings. The molecule has 2 heterocycles. The summed E-state index contributed by atoms with van der Waals surface area (Å²) in [5.41, 5.74) is 1.97. The second-order valence-electron chi connectivity index (χ2n) is 5.68. The summed E-state index contributed by atoms with van der Waals surface area (Å²) in [6.07, 6.45) is 3.12. The van der Waals surface area contributed by atoms with Crippen LogP contribution >= 0.6 is 12.4 Å². The molecule has 1 saturated heterocycles. The zero-order valence-corrected chi connectivity index (χ0v) is 13.7. The molecule has 0 saturated carbocycles. The highest BCUT2D eigenvalue weighted by atomic mass is 35.5. The molecule has 1 atom stereocenters. The first kappa shape index (κ1) is 18.4. The lowest BCUT2D eigenvalue weighted by Crippen LogP contribution is -2.40. The van der Waals surface area contributed by atoms with Crippen LogP contribution in [0.3, 0.4) is 0 Å². The molecule has 1 aliphatic rings. The highest BCUT2D eigenvalue weighted by molar-refractivity contribution is 5.85. The Hall–Kier alpha value is -1.99. The van der Waals surface area contributed by atoms with Gasteiger partial charge in [0.25, 0.3) is 5.92 Å². The van der Waals surface area contributed by atoms with Crippen LogP contribution in [0, 0.1) is 0 Å². The van der Waals surface area contributed by atoms with E-state index in [1.165, 1.54) is 0 Å². The fourth-order valence-corrected chi connectivity index (χ4v) is 2.66. The van der Waals surface area contributed by atoms with E-state index in [9.17, 15) is 13.6 Å². The monoisotopic (exact) mass is 356 g/mol. The Balaban J connectivity index is 0.00000208. The van der Waals surface area contributed by atoms with Crippen molar-refractivity contribution in [3.63, 3.8) is 0 Å². The highest BCUT2D eigenvalue weighted by Gasteiger charge is 2.42. The van der Waals surface area contributed by atoms with Crippen LogP contribution in [0.2, 0.25) is 0 Å². The quantitative estimate of drug-likeness (QED) is 0.861. The minimum Gasteiger partial charge on any atom is -0.351 e. The first-order chi connectivity index (χ1) is 11.0. The fraction of sp³-hybridized carbons (Fsp3) is 0.375. The van der Waals surface area contributed by atoms with E-state index in [1.54, 1.807) is 10.9 Å². The average molecular weight is 357 g/mol. The summed E-state index contributed by atoms with van der Waals surface area (Å²) in [6.45, 7) is 0.458. The van der Waals surface area contributed by atoms with Crippen molar-refractivity contribution >= 4 is 18.3 Å². The molecule has 1 unspecified atom stereocenters. The molecule has 3 rings (SSSR count). The number of nitrogens with one attached hydrogen (secondary N) is 2. The molecule has 1 amide bonds. The number of aromatic nitrogens is 2. The molecule has 130 valence electrons. The Morgan fingerprint density at radius 3 is 2.71 bits per heavy atom. The van der Waals surface area contributed by atoms with Crippen LogP contribution < -0.4 is 10.6 Å². The normalized spacial score (nSPS) is 18.8. The third-order valence-electron chi connectivity index (χ3n) is 3.89. The van der Waals surface area contributed by atoms with Crippen molar-refractivity contribution in [3.05, 3.63) is 53.9 Å². The topological polar surface area (TPSA) is 59.0 Å².